The van der Waals surface area contributed by atoms with E-state index in [-0.39, 0.29) is 11.9 Å². The Bertz CT molecular complexity index is 1200. The highest BCUT2D eigenvalue weighted by Crippen LogP contribution is 2.34. The summed E-state index contributed by atoms with van der Waals surface area (Å²) in [5.74, 6) is 0.716. The molecule has 182 valence electrons. The van der Waals surface area contributed by atoms with Gasteiger partial charge >= 0.3 is 0 Å². The number of nitrogens with one attached hydrogen (secondary N) is 1. The SMILES string of the molecule is O=S(=O)(NC1CCC(CCN2CCC(c3noc4cc(F)ccc34)CC2)CC1)c1ccccc1. The number of piperidine rings is 1. The number of likely N-dealkylation sites (tertiary alicyclic amines) is 1. The topological polar surface area (TPSA) is 75.4 Å². The molecule has 0 amide bonds. The van der Waals surface area contributed by atoms with E-state index in [4.69, 9.17) is 4.52 Å². The fourth-order valence-electron chi connectivity index (χ4n) is 5.48. The smallest absolute Gasteiger partial charge is 0.240 e. The van der Waals surface area contributed by atoms with Gasteiger partial charge in [-0.1, -0.05) is 23.4 Å². The molecule has 6 nitrogen and oxygen atoms in total. The van der Waals surface area contributed by atoms with Gasteiger partial charge in [-0.15, -0.1) is 0 Å². The van der Waals surface area contributed by atoms with Gasteiger partial charge in [-0.3, -0.25) is 0 Å². The minimum absolute atomic E-state index is 0.0305. The Morgan fingerprint density at radius 2 is 1.74 bits per heavy atom. The van der Waals surface area contributed by atoms with Gasteiger partial charge in [-0.2, -0.15) is 0 Å². The van der Waals surface area contributed by atoms with E-state index < -0.39 is 10.0 Å². The summed E-state index contributed by atoms with van der Waals surface area (Å²) in [7, 11) is -3.44. The van der Waals surface area contributed by atoms with Gasteiger partial charge in [-0.25, -0.2) is 17.5 Å². The van der Waals surface area contributed by atoms with Crippen molar-refractivity contribution in [2.45, 2.75) is 61.8 Å². The predicted molar refractivity (Wildman–Crippen MR) is 130 cm³/mol. The largest absolute Gasteiger partial charge is 0.356 e. The second kappa shape index (κ2) is 10.1. The van der Waals surface area contributed by atoms with Crippen molar-refractivity contribution in [3.8, 4) is 0 Å². The lowest BCUT2D eigenvalue weighted by atomic mass is 9.84. The molecule has 0 unspecified atom stereocenters. The molecule has 1 saturated heterocycles. The second-order valence-electron chi connectivity index (χ2n) is 9.76. The van der Waals surface area contributed by atoms with Crippen LogP contribution in [0.2, 0.25) is 0 Å². The molecular weight excluding hydrogens is 453 g/mol. The first-order valence-corrected chi connectivity index (χ1v) is 13.8. The Morgan fingerprint density at radius 3 is 2.47 bits per heavy atom. The molecule has 2 fully saturated rings. The average molecular weight is 486 g/mol. The number of aromatic nitrogens is 1. The normalized spacial score (nSPS) is 22.9. The number of halogens is 1. The first-order chi connectivity index (χ1) is 16.5. The molecular formula is C26H32FN3O3S. The Hall–Kier alpha value is -2.29. The first kappa shape index (κ1) is 23.5. The van der Waals surface area contributed by atoms with Gasteiger partial charge in [0.1, 0.15) is 5.82 Å². The van der Waals surface area contributed by atoms with Crippen LogP contribution in [0.15, 0.2) is 57.9 Å². The molecule has 0 bridgehead atoms. The van der Waals surface area contributed by atoms with E-state index in [1.807, 2.05) is 6.07 Å². The summed E-state index contributed by atoms with van der Waals surface area (Å²) < 4.78 is 46.8. The molecule has 2 heterocycles. The average Bonchev–Trinajstić information content (AvgIpc) is 3.27. The Labute approximate surface area is 200 Å². The van der Waals surface area contributed by atoms with E-state index in [0.29, 0.717) is 22.3 Å². The minimum Gasteiger partial charge on any atom is -0.356 e. The lowest BCUT2D eigenvalue weighted by Crippen LogP contribution is -2.38. The first-order valence-electron chi connectivity index (χ1n) is 12.3. The lowest BCUT2D eigenvalue weighted by molar-refractivity contribution is 0.183. The third-order valence-corrected chi connectivity index (χ3v) is 9.05. The monoisotopic (exact) mass is 485 g/mol. The zero-order chi connectivity index (χ0) is 23.5. The third-order valence-electron chi connectivity index (χ3n) is 7.51. The van der Waals surface area contributed by atoms with Crippen molar-refractivity contribution in [3.63, 3.8) is 0 Å². The Kier molecular flexibility index (Phi) is 6.99. The number of hydrogen-bond acceptors (Lipinski definition) is 5. The molecule has 5 rings (SSSR count). The predicted octanol–water partition coefficient (Wildman–Crippen LogP) is 5.07. The molecule has 1 N–H and O–H groups in total. The zero-order valence-electron chi connectivity index (χ0n) is 19.3. The molecule has 1 aromatic heterocycles. The van der Waals surface area contributed by atoms with Crippen molar-refractivity contribution in [3.05, 3.63) is 60.0 Å². The van der Waals surface area contributed by atoms with Gasteiger partial charge < -0.3 is 9.42 Å². The summed E-state index contributed by atoms with van der Waals surface area (Å²) in [5.41, 5.74) is 1.49. The summed E-state index contributed by atoms with van der Waals surface area (Å²) in [6.07, 6.45) is 7.17. The van der Waals surface area contributed by atoms with Crippen molar-refractivity contribution in [1.82, 2.24) is 14.8 Å². The minimum atomic E-state index is -3.44. The van der Waals surface area contributed by atoms with Crippen LogP contribution in [0.3, 0.4) is 0 Å². The van der Waals surface area contributed by atoms with Crippen LogP contribution in [-0.2, 0) is 10.0 Å². The highest BCUT2D eigenvalue weighted by atomic mass is 32.2. The molecule has 34 heavy (non-hydrogen) atoms. The number of nitrogens with zero attached hydrogens (tertiary/aromatic N) is 2. The fraction of sp³-hybridized carbons (Fsp3) is 0.500. The van der Waals surface area contributed by atoms with Crippen LogP contribution in [0, 0.1) is 11.7 Å². The molecule has 0 atom stereocenters. The quantitative estimate of drug-likeness (QED) is 0.506. The zero-order valence-corrected chi connectivity index (χ0v) is 20.1. The fourth-order valence-corrected chi connectivity index (χ4v) is 6.80. The van der Waals surface area contributed by atoms with E-state index >= 15 is 0 Å². The standard InChI is InChI=1S/C26H32FN3O3S/c27-21-8-11-24-25(18-21)33-28-26(24)20-13-16-30(17-14-20)15-12-19-6-9-22(10-7-19)29-34(31,32)23-4-2-1-3-5-23/h1-5,8,11,18-20,22,29H,6-7,9-10,12-17H2. The van der Waals surface area contributed by atoms with Crippen molar-refractivity contribution >= 4 is 21.0 Å². The van der Waals surface area contributed by atoms with Crippen LogP contribution in [-0.4, -0.2) is 44.2 Å². The third kappa shape index (κ3) is 5.34. The number of hydrogen-bond donors (Lipinski definition) is 1. The number of fused-ring (bicyclic) bond motifs is 1. The van der Waals surface area contributed by atoms with Crippen molar-refractivity contribution in [2.75, 3.05) is 19.6 Å². The van der Waals surface area contributed by atoms with E-state index in [1.54, 1.807) is 30.3 Å². The van der Waals surface area contributed by atoms with Crippen LogP contribution < -0.4 is 4.72 Å². The van der Waals surface area contributed by atoms with Gasteiger partial charge in [0.05, 0.1) is 10.6 Å². The maximum absolute atomic E-state index is 13.4. The molecule has 1 aliphatic carbocycles. The molecule has 0 spiro atoms. The number of rotatable bonds is 7. The summed E-state index contributed by atoms with van der Waals surface area (Å²) in [6.45, 7) is 3.15. The number of benzene rings is 2. The van der Waals surface area contributed by atoms with Crippen LogP contribution >= 0.6 is 0 Å². The Morgan fingerprint density at radius 1 is 1.00 bits per heavy atom. The summed E-state index contributed by atoms with van der Waals surface area (Å²) in [4.78, 5) is 2.87. The molecule has 0 radical (unpaired) electrons. The molecule has 3 aromatic rings. The molecule has 2 aromatic carbocycles. The maximum Gasteiger partial charge on any atom is 0.240 e. The van der Waals surface area contributed by atoms with Gasteiger partial charge in [0.2, 0.25) is 10.0 Å². The molecule has 1 aliphatic heterocycles. The number of sulfonamides is 1. The summed E-state index contributed by atoms with van der Waals surface area (Å²) >= 11 is 0. The van der Waals surface area contributed by atoms with E-state index in [1.165, 1.54) is 12.1 Å². The van der Waals surface area contributed by atoms with E-state index in [0.717, 1.165) is 75.7 Å². The van der Waals surface area contributed by atoms with Crippen molar-refractivity contribution in [1.29, 1.82) is 0 Å². The van der Waals surface area contributed by atoms with Crippen molar-refractivity contribution < 1.29 is 17.3 Å². The highest BCUT2D eigenvalue weighted by molar-refractivity contribution is 7.89. The maximum atomic E-state index is 13.4. The van der Waals surface area contributed by atoms with E-state index in [2.05, 4.69) is 14.8 Å². The van der Waals surface area contributed by atoms with Gasteiger partial charge in [0.25, 0.3) is 0 Å². The van der Waals surface area contributed by atoms with Crippen LogP contribution in [0.5, 0.6) is 0 Å². The van der Waals surface area contributed by atoms with Crippen molar-refractivity contribution in [2.24, 2.45) is 5.92 Å². The van der Waals surface area contributed by atoms with Gasteiger partial charge in [0.15, 0.2) is 5.58 Å². The molecule has 2 aliphatic rings. The van der Waals surface area contributed by atoms with E-state index in [9.17, 15) is 12.8 Å². The van der Waals surface area contributed by atoms with Gasteiger partial charge in [-0.05, 0) is 94.8 Å². The molecule has 8 heteroatoms. The highest BCUT2D eigenvalue weighted by Gasteiger charge is 2.28. The second-order valence-corrected chi connectivity index (χ2v) is 11.5. The van der Waals surface area contributed by atoms with Gasteiger partial charge in [0, 0.05) is 23.4 Å². The van der Waals surface area contributed by atoms with Crippen LogP contribution in [0.4, 0.5) is 4.39 Å². The van der Waals surface area contributed by atoms with Crippen LogP contribution in [0.25, 0.3) is 11.0 Å². The van der Waals surface area contributed by atoms with Crippen LogP contribution in [0.1, 0.15) is 56.6 Å². The summed E-state index contributed by atoms with van der Waals surface area (Å²) in [5, 5.41) is 5.18. The lowest BCUT2D eigenvalue weighted by Gasteiger charge is -2.34. The summed E-state index contributed by atoms with van der Waals surface area (Å²) in [6, 6.07) is 13.3. The molecule has 1 saturated carbocycles. The Balaban J connectivity index is 1.05.